The molecule has 0 saturated carbocycles. The van der Waals surface area contributed by atoms with E-state index < -0.39 is 15.8 Å². The minimum atomic E-state index is -3.81. The van der Waals surface area contributed by atoms with Gasteiger partial charge in [0.15, 0.2) is 0 Å². The zero-order valence-corrected chi connectivity index (χ0v) is 13.6. The van der Waals surface area contributed by atoms with Gasteiger partial charge in [-0.3, -0.25) is 4.90 Å². The van der Waals surface area contributed by atoms with E-state index in [-0.39, 0.29) is 17.0 Å². The van der Waals surface area contributed by atoms with Gasteiger partial charge >= 0.3 is 0 Å². The summed E-state index contributed by atoms with van der Waals surface area (Å²) in [6.45, 7) is 3.75. The number of sulfonamides is 1. The Balaban J connectivity index is 1.88. The number of fused-ring (bicyclic) bond motifs is 1. The predicted molar refractivity (Wildman–Crippen MR) is 80.7 cm³/mol. The van der Waals surface area contributed by atoms with E-state index in [1.54, 1.807) is 19.1 Å². The van der Waals surface area contributed by atoms with Crippen molar-refractivity contribution in [2.75, 3.05) is 33.3 Å². The van der Waals surface area contributed by atoms with Crippen molar-refractivity contribution in [2.45, 2.75) is 30.4 Å². The zero-order chi connectivity index (χ0) is 15.9. The molecule has 0 unspecified atom stereocenters. The molecule has 2 atom stereocenters. The van der Waals surface area contributed by atoms with Gasteiger partial charge in [-0.15, -0.1) is 0 Å². The molecular weight excluding hydrogens is 307 g/mol. The number of piperidine rings is 1. The monoisotopic (exact) mass is 328 g/mol. The minimum Gasteiger partial charge on any atom is -0.375 e. The van der Waals surface area contributed by atoms with Crippen molar-refractivity contribution in [1.29, 1.82) is 0 Å². The molecule has 2 aliphatic rings. The summed E-state index contributed by atoms with van der Waals surface area (Å²) in [7, 11) is -1.84. The summed E-state index contributed by atoms with van der Waals surface area (Å²) in [6.07, 6.45) is 0.703. The number of morpholine rings is 1. The standard InChI is InChI=1S/C15H21FN2O3S/c1-11-4-3-5-14(15(11)16)22(19,20)18-7-6-13-12(10-18)17(2)8-9-21-13/h3-5,12-13H,6-10H2,1-2H3/t12-,13-/m0/s1. The fourth-order valence-electron chi connectivity index (χ4n) is 3.19. The van der Waals surface area contributed by atoms with Crippen LogP contribution >= 0.6 is 0 Å². The highest BCUT2D eigenvalue weighted by atomic mass is 32.2. The summed E-state index contributed by atoms with van der Waals surface area (Å²) in [5.41, 5.74) is 0.342. The first-order valence-electron chi connectivity index (χ1n) is 7.48. The number of hydrogen-bond acceptors (Lipinski definition) is 4. The summed E-state index contributed by atoms with van der Waals surface area (Å²) < 4.78 is 46.9. The highest BCUT2D eigenvalue weighted by Crippen LogP contribution is 2.28. The van der Waals surface area contributed by atoms with Crippen molar-refractivity contribution in [3.8, 4) is 0 Å². The number of likely N-dealkylation sites (N-methyl/N-ethyl adjacent to an activating group) is 1. The average molecular weight is 328 g/mol. The van der Waals surface area contributed by atoms with Gasteiger partial charge in [-0.25, -0.2) is 12.8 Å². The second kappa shape index (κ2) is 5.88. The summed E-state index contributed by atoms with van der Waals surface area (Å²) in [5, 5.41) is 0. The molecule has 0 radical (unpaired) electrons. The third-order valence-corrected chi connectivity index (χ3v) is 6.48. The number of benzene rings is 1. The van der Waals surface area contributed by atoms with E-state index in [4.69, 9.17) is 4.74 Å². The van der Waals surface area contributed by atoms with Crippen LogP contribution in [0.5, 0.6) is 0 Å². The van der Waals surface area contributed by atoms with E-state index >= 15 is 0 Å². The Hall–Kier alpha value is -1.02. The number of hydrogen-bond donors (Lipinski definition) is 0. The quantitative estimate of drug-likeness (QED) is 0.819. The lowest BCUT2D eigenvalue weighted by atomic mass is 10.0. The maximum absolute atomic E-state index is 14.2. The van der Waals surface area contributed by atoms with Crippen LogP contribution in [0.4, 0.5) is 4.39 Å². The maximum atomic E-state index is 14.2. The van der Waals surface area contributed by atoms with Gasteiger partial charge in [-0.1, -0.05) is 12.1 Å². The van der Waals surface area contributed by atoms with Crippen LogP contribution in [0, 0.1) is 12.7 Å². The smallest absolute Gasteiger partial charge is 0.246 e. The van der Waals surface area contributed by atoms with Gasteiger partial charge in [0, 0.05) is 25.7 Å². The predicted octanol–water partition coefficient (Wildman–Crippen LogP) is 1.23. The molecular formula is C15H21FN2O3S. The number of halogens is 1. The van der Waals surface area contributed by atoms with Crippen LogP contribution in [0.2, 0.25) is 0 Å². The maximum Gasteiger partial charge on any atom is 0.246 e. The Morgan fingerprint density at radius 2 is 2.09 bits per heavy atom. The van der Waals surface area contributed by atoms with Crippen LogP contribution in [0.15, 0.2) is 23.1 Å². The minimum absolute atomic E-state index is 0.0325. The number of aryl methyl sites for hydroxylation is 1. The molecule has 1 aromatic carbocycles. The Morgan fingerprint density at radius 3 is 2.86 bits per heavy atom. The van der Waals surface area contributed by atoms with Gasteiger partial charge in [0.25, 0.3) is 0 Å². The number of nitrogens with zero attached hydrogens (tertiary/aromatic N) is 2. The topological polar surface area (TPSA) is 49.9 Å². The van der Waals surface area contributed by atoms with Crippen LogP contribution in [0.3, 0.4) is 0 Å². The average Bonchev–Trinajstić information content (AvgIpc) is 2.50. The summed E-state index contributed by atoms with van der Waals surface area (Å²) in [5.74, 6) is -0.655. The van der Waals surface area contributed by atoms with Gasteiger partial charge < -0.3 is 4.74 Å². The van der Waals surface area contributed by atoms with Gasteiger partial charge in [0.1, 0.15) is 10.7 Å². The molecule has 0 amide bonds. The molecule has 0 aliphatic carbocycles. The molecule has 3 rings (SSSR count). The molecule has 2 aliphatic heterocycles. The van der Waals surface area contributed by atoms with Crippen molar-refractivity contribution in [3.05, 3.63) is 29.6 Å². The second-order valence-corrected chi connectivity index (χ2v) is 7.90. The Kier molecular flexibility index (Phi) is 4.24. The fraction of sp³-hybridized carbons (Fsp3) is 0.600. The van der Waals surface area contributed by atoms with Crippen LogP contribution in [-0.2, 0) is 14.8 Å². The molecule has 5 nitrogen and oxygen atoms in total. The molecule has 0 bridgehead atoms. The molecule has 0 N–H and O–H groups in total. The van der Waals surface area contributed by atoms with Crippen LogP contribution < -0.4 is 0 Å². The highest BCUT2D eigenvalue weighted by molar-refractivity contribution is 7.89. The summed E-state index contributed by atoms with van der Waals surface area (Å²) >= 11 is 0. The van der Waals surface area contributed by atoms with Crippen molar-refractivity contribution in [2.24, 2.45) is 0 Å². The SMILES string of the molecule is Cc1cccc(S(=O)(=O)N2CC[C@@H]3OCCN(C)[C@H]3C2)c1F. The third kappa shape index (κ3) is 2.67. The first-order valence-corrected chi connectivity index (χ1v) is 8.92. The largest absolute Gasteiger partial charge is 0.375 e. The summed E-state index contributed by atoms with van der Waals surface area (Å²) in [4.78, 5) is 1.90. The fourth-order valence-corrected chi connectivity index (χ4v) is 4.80. The summed E-state index contributed by atoms with van der Waals surface area (Å²) in [6, 6.07) is 4.52. The van der Waals surface area contributed by atoms with Crippen molar-refractivity contribution in [3.63, 3.8) is 0 Å². The van der Waals surface area contributed by atoms with Crippen LogP contribution in [0.25, 0.3) is 0 Å². The molecule has 2 heterocycles. The number of ether oxygens (including phenoxy) is 1. The molecule has 122 valence electrons. The first-order chi connectivity index (χ1) is 10.4. The lowest BCUT2D eigenvalue weighted by molar-refractivity contribution is -0.0840. The number of rotatable bonds is 2. The van der Waals surface area contributed by atoms with Crippen molar-refractivity contribution in [1.82, 2.24) is 9.21 Å². The molecule has 2 fully saturated rings. The van der Waals surface area contributed by atoms with Gasteiger partial charge in [-0.2, -0.15) is 4.31 Å². The van der Waals surface area contributed by atoms with E-state index in [0.29, 0.717) is 31.7 Å². The van der Waals surface area contributed by atoms with E-state index in [1.807, 2.05) is 7.05 Å². The Bertz CT molecular complexity index is 665. The lowest BCUT2D eigenvalue weighted by Crippen LogP contribution is -2.59. The Morgan fingerprint density at radius 1 is 1.32 bits per heavy atom. The molecule has 0 spiro atoms. The van der Waals surface area contributed by atoms with Gasteiger partial charge in [0.05, 0.1) is 12.7 Å². The Labute approximate surface area is 130 Å². The third-order valence-electron chi connectivity index (χ3n) is 4.60. The van der Waals surface area contributed by atoms with Crippen LogP contribution in [0.1, 0.15) is 12.0 Å². The van der Waals surface area contributed by atoms with E-state index in [0.717, 1.165) is 6.54 Å². The van der Waals surface area contributed by atoms with Crippen molar-refractivity contribution < 1.29 is 17.5 Å². The zero-order valence-electron chi connectivity index (χ0n) is 12.8. The highest BCUT2D eigenvalue weighted by Gasteiger charge is 2.40. The van der Waals surface area contributed by atoms with Gasteiger partial charge in [0.2, 0.25) is 10.0 Å². The normalized spacial score (nSPS) is 27.6. The van der Waals surface area contributed by atoms with E-state index in [9.17, 15) is 12.8 Å². The molecule has 2 saturated heterocycles. The van der Waals surface area contributed by atoms with Gasteiger partial charge in [-0.05, 0) is 32.0 Å². The van der Waals surface area contributed by atoms with E-state index in [1.165, 1.54) is 10.4 Å². The van der Waals surface area contributed by atoms with E-state index in [2.05, 4.69) is 4.90 Å². The second-order valence-electron chi connectivity index (χ2n) is 6.00. The van der Waals surface area contributed by atoms with Crippen LogP contribution in [-0.4, -0.2) is 63.1 Å². The molecule has 22 heavy (non-hydrogen) atoms. The lowest BCUT2D eigenvalue weighted by Gasteiger charge is -2.45. The first kappa shape index (κ1) is 15.9. The van der Waals surface area contributed by atoms with Crippen molar-refractivity contribution >= 4 is 10.0 Å². The molecule has 1 aromatic rings. The molecule has 7 heteroatoms. The molecule has 0 aromatic heterocycles.